The molecule has 0 bridgehead atoms. The van der Waals surface area contributed by atoms with Gasteiger partial charge in [-0.15, -0.1) is 0 Å². The highest BCUT2D eigenvalue weighted by atomic mass is 16.5. The number of phenolic OH excluding ortho intramolecular Hbond substituents is 1. The Hall–Kier alpha value is -3.21. The van der Waals surface area contributed by atoms with Crippen molar-refractivity contribution in [1.29, 1.82) is 0 Å². The standard InChI is InChI=1S/C21H21NO4/c1-3-26-21(24)22-20(15-8-11-16(25-2)12-9-15)19-17-7-5-4-6-14(17)10-13-18(19)23/h4-13,20,23H,3H2,1-2H3,(H,22,24). The maximum atomic E-state index is 12.1. The van der Waals surface area contributed by atoms with Crippen molar-refractivity contribution in [1.82, 2.24) is 5.32 Å². The summed E-state index contributed by atoms with van der Waals surface area (Å²) in [4.78, 5) is 12.1. The number of phenols is 1. The van der Waals surface area contributed by atoms with Gasteiger partial charge in [-0.3, -0.25) is 0 Å². The van der Waals surface area contributed by atoms with Gasteiger partial charge < -0.3 is 19.9 Å². The molecule has 3 aromatic rings. The van der Waals surface area contributed by atoms with Gasteiger partial charge in [0.25, 0.3) is 0 Å². The van der Waals surface area contributed by atoms with Gasteiger partial charge in [-0.05, 0) is 41.5 Å². The molecule has 2 N–H and O–H groups in total. The first-order valence-corrected chi connectivity index (χ1v) is 8.42. The molecule has 134 valence electrons. The highest BCUT2D eigenvalue weighted by molar-refractivity contribution is 5.89. The van der Waals surface area contributed by atoms with E-state index >= 15 is 0 Å². The molecule has 0 fully saturated rings. The van der Waals surface area contributed by atoms with E-state index in [9.17, 15) is 9.90 Å². The van der Waals surface area contributed by atoms with E-state index in [1.165, 1.54) is 0 Å². The van der Waals surface area contributed by atoms with Crippen molar-refractivity contribution in [2.45, 2.75) is 13.0 Å². The lowest BCUT2D eigenvalue weighted by atomic mass is 9.93. The van der Waals surface area contributed by atoms with Crippen LogP contribution in [0.25, 0.3) is 10.8 Å². The predicted octanol–water partition coefficient (Wildman–Crippen LogP) is 4.39. The summed E-state index contributed by atoms with van der Waals surface area (Å²) >= 11 is 0. The molecule has 0 radical (unpaired) electrons. The lowest BCUT2D eigenvalue weighted by Gasteiger charge is -2.22. The Morgan fingerprint density at radius 1 is 1.08 bits per heavy atom. The molecule has 3 aromatic carbocycles. The van der Waals surface area contributed by atoms with Gasteiger partial charge >= 0.3 is 6.09 Å². The quantitative estimate of drug-likeness (QED) is 0.715. The molecule has 0 spiro atoms. The van der Waals surface area contributed by atoms with E-state index in [4.69, 9.17) is 9.47 Å². The first kappa shape index (κ1) is 17.6. The number of methoxy groups -OCH3 is 1. The fraction of sp³-hybridized carbons (Fsp3) is 0.190. The van der Waals surface area contributed by atoms with Gasteiger partial charge in [-0.25, -0.2) is 4.79 Å². The molecule has 0 aliphatic carbocycles. The SMILES string of the molecule is CCOC(=O)NC(c1ccc(OC)cc1)c1c(O)ccc2ccccc12. The number of rotatable bonds is 5. The number of amides is 1. The number of benzene rings is 3. The zero-order chi connectivity index (χ0) is 18.5. The number of alkyl carbamates (subject to hydrolysis) is 1. The van der Waals surface area contributed by atoms with Crippen LogP contribution in [0.1, 0.15) is 24.1 Å². The zero-order valence-corrected chi connectivity index (χ0v) is 14.7. The Kier molecular flexibility index (Phi) is 5.27. The molecule has 0 heterocycles. The molecule has 1 atom stereocenters. The van der Waals surface area contributed by atoms with Crippen LogP contribution in [0, 0.1) is 0 Å². The van der Waals surface area contributed by atoms with Crippen molar-refractivity contribution < 1.29 is 19.4 Å². The topological polar surface area (TPSA) is 67.8 Å². The highest BCUT2D eigenvalue weighted by Gasteiger charge is 2.23. The van der Waals surface area contributed by atoms with Gasteiger partial charge in [0.15, 0.2) is 0 Å². The van der Waals surface area contributed by atoms with Gasteiger partial charge in [-0.2, -0.15) is 0 Å². The number of fused-ring (bicyclic) bond motifs is 1. The normalized spacial score (nSPS) is 11.8. The van der Waals surface area contributed by atoms with Crippen molar-refractivity contribution >= 4 is 16.9 Å². The number of nitrogens with one attached hydrogen (secondary N) is 1. The number of aromatic hydroxyl groups is 1. The Balaban J connectivity index is 2.13. The van der Waals surface area contributed by atoms with Crippen molar-refractivity contribution in [2.24, 2.45) is 0 Å². The number of hydrogen-bond acceptors (Lipinski definition) is 4. The Morgan fingerprint density at radius 3 is 2.50 bits per heavy atom. The molecule has 0 aromatic heterocycles. The Labute approximate surface area is 152 Å². The van der Waals surface area contributed by atoms with Crippen molar-refractivity contribution in [3.8, 4) is 11.5 Å². The molecule has 26 heavy (non-hydrogen) atoms. The van der Waals surface area contributed by atoms with Crippen molar-refractivity contribution in [2.75, 3.05) is 13.7 Å². The molecule has 0 saturated carbocycles. The molecule has 1 amide bonds. The fourth-order valence-electron chi connectivity index (χ4n) is 3.00. The number of hydrogen-bond donors (Lipinski definition) is 2. The molecule has 5 heteroatoms. The molecule has 0 aliphatic heterocycles. The van der Waals surface area contributed by atoms with E-state index < -0.39 is 12.1 Å². The van der Waals surface area contributed by atoms with Crippen LogP contribution in [0.4, 0.5) is 4.79 Å². The minimum absolute atomic E-state index is 0.112. The summed E-state index contributed by atoms with van der Waals surface area (Å²) < 4.78 is 10.3. The van der Waals surface area contributed by atoms with Crippen LogP contribution < -0.4 is 10.1 Å². The third-order valence-electron chi connectivity index (χ3n) is 4.22. The van der Waals surface area contributed by atoms with Crippen LogP contribution in [0.15, 0.2) is 60.7 Å². The van der Waals surface area contributed by atoms with Crippen molar-refractivity contribution in [3.05, 3.63) is 71.8 Å². The van der Waals surface area contributed by atoms with Gasteiger partial charge in [0, 0.05) is 5.56 Å². The maximum Gasteiger partial charge on any atom is 0.407 e. The summed E-state index contributed by atoms with van der Waals surface area (Å²) in [7, 11) is 1.60. The zero-order valence-electron chi connectivity index (χ0n) is 14.7. The van der Waals surface area contributed by atoms with Crippen LogP contribution in [0.5, 0.6) is 11.5 Å². The van der Waals surface area contributed by atoms with E-state index in [1.807, 2.05) is 54.6 Å². The van der Waals surface area contributed by atoms with Crippen molar-refractivity contribution in [3.63, 3.8) is 0 Å². The summed E-state index contributed by atoms with van der Waals surface area (Å²) in [5.74, 6) is 0.826. The minimum atomic E-state index is -0.564. The minimum Gasteiger partial charge on any atom is -0.508 e. The number of ether oxygens (including phenoxy) is 2. The monoisotopic (exact) mass is 351 g/mol. The Morgan fingerprint density at radius 2 is 1.81 bits per heavy atom. The van der Waals surface area contributed by atoms with Crippen LogP contribution in [0.2, 0.25) is 0 Å². The summed E-state index contributed by atoms with van der Waals surface area (Å²) in [6.45, 7) is 2.01. The van der Waals surface area contributed by atoms with Crippen LogP contribution >= 0.6 is 0 Å². The largest absolute Gasteiger partial charge is 0.508 e. The van der Waals surface area contributed by atoms with E-state index in [-0.39, 0.29) is 12.4 Å². The third kappa shape index (κ3) is 3.57. The summed E-state index contributed by atoms with van der Waals surface area (Å²) in [6, 6.07) is 18.0. The lowest BCUT2D eigenvalue weighted by molar-refractivity contribution is 0.149. The molecule has 0 saturated heterocycles. The maximum absolute atomic E-state index is 12.1. The van der Waals surface area contributed by atoms with E-state index in [0.717, 1.165) is 16.3 Å². The summed E-state index contributed by atoms with van der Waals surface area (Å²) in [5.41, 5.74) is 1.44. The second-order valence-electron chi connectivity index (χ2n) is 5.79. The first-order valence-electron chi connectivity index (χ1n) is 8.42. The number of carbonyl (C=O) groups is 1. The van der Waals surface area contributed by atoms with Gasteiger partial charge in [-0.1, -0.05) is 42.5 Å². The smallest absolute Gasteiger partial charge is 0.407 e. The van der Waals surface area contributed by atoms with E-state index in [2.05, 4.69) is 5.32 Å². The third-order valence-corrected chi connectivity index (χ3v) is 4.22. The predicted molar refractivity (Wildman–Crippen MR) is 101 cm³/mol. The molecule has 3 rings (SSSR count). The average Bonchev–Trinajstić information content (AvgIpc) is 2.67. The first-order chi connectivity index (χ1) is 12.6. The van der Waals surface area contributed by atoms with Crippen LogP contribution in [-0.2, 0) is 4.74 Å². The molecular weight excluding hydrogens is 330 g/mol. The average molecular weight is 351 g/mol. The van der Waals surface area contributed by atoms with E-state index in [1.54, 1.807) is 20.1 Å². The second-order valence-corrected chi connectivity index (χ2v) is 5.79. The van der Waals surface area contributed by atoms with Gasteiger partial charge in [0.05, 0.1) is 19.8 Å². The number of carbonyl (C=O) groups excluding carboxylic acids is 1. The molecule has 5 nitrogen and oxygen atoms in total. The van der Waals surface area contributed by atoms with E-state index in [0.29, 0.717) is 11.3 Å². The molecule has 1 unspecified atom stereocenters. The lowest BCUT2D eigenvalue weighted by Crippen LogP contribution is -2.30. The van der Waals surface area contributed by atoms with Crippen LogP contribution in [0.3, 0.4) is 0 Å². The summed E-state index contributed by atoms with van der Waals surface area (Å²) in [6.07, 6.45) is -0.541. The second kappa shape index (κ2) is 7.78. The molecule has 0 aliphatic rings. The Bertz CT molecular complexity index is 906. The van der Waals surface area contributed by atoms with Gasteiger partial charge in [0.2, 0.25) is 0 Å². The van der Waals surface area contributed by atoms with Gasteiger partial charge in [0.1, 0.15) is 11.5 Å². The van der Waals surface area contributed by atoms with Crippen LogP contribution in [-0.4, -0.2) is 24.9 Å². The summed E-state index contributed by atoms with van der Waals surface area (Å²) in [5, 5.41) is 15.3. The molecular formula is C21H21NO4. The highest BCUT2D eigenvalue weighted by Crippen LogP contribution is 2.36. The fourth-order valence-corrected chi connectivity index (χ4v) is 3.00.